The van der Waals surface area contributed by atoms with Gasteiger partial charge in [-0.15, -0.1) is 0 Å². The second-order valence-corrected chi connectivity index (χ2v) is 8.46. The molecule has 0 aromatic heterocycles. The predicted octanol–water partition coefficient (Wildman–Crippen LogP) is 1.55. The minimum absolute atomic E-state index is 0.0674. The Morgan fingerprint density at radius 1 is 1.16 bits per heavy atom. The first-order valence-electron chi connectivity index (χ1n) is 7.70. The summed E-state index contributed by atoms with van der Waals surface area (Å²) < 4.78 is 23.4. The van der Waals surface area contributed by atoms with Crippen LogP contribution in [0.4, 0.5) is 0 Å². The third-order valence-corrected chi connectivity index (χ3v) is 6.75. The molecule has 0 spiro atoms. The lowest BCUT2D eigenvalue weighted by atomic mass is 9.84. The van der Waals surface area contributed by atoms with E-state index in [-0.39, 0.29) is 5.54 Å². The number of sulfone groups is 1. The summed E-state index contributed by atoms with van der Waals surface area (Å²) in [5.41, 5.74) is 6.01. The fraction of sp³-hybridized carbons (Fsp3) is 1.00. The molecule has 0 aromatic rings. The van der Waals surface area contributed by atoms with E-state index in [9.17, 15) is 8.42 Å². The van der Waals surface area contributed by atoms with Crippen molar-refractivity contribution in [1.82, 2.24) is 4.90 Å². The number of hydrogen-bond acceptors (Lipinski definition) is 4. The van der Waals surface area contributed by atoms with Crippen molar-refractivity contribution in [3.05, 3.63) is 0 Å². The quantitative estimate of drug-likeness (QED) is 0.852. The predicted molar refractivity (Wildman–Crippen MR) is 78.9 cm³/mol. The van der Waals surface area contributed by atoms with Crippen LogP contribution in [0, 0.1) is 0 Å². The smallest absolute Gasteiger partial charge is 0.150 e. The molecular weight excluding hydrogens is 260 g/mol. The molecule has 0 atom stereocenters. The van der Waals surface area contributed by atoms with Gasteiger partial charge in [-0.1, -0.05) is 26.2 Å². The van der Waals surface area contributed by atoms with E-state index in [1.54, 1.807) is 0 Å². The Labute approximate surface area is 117 Å². The Kier molecular flexibility index (Phi) is 4.90. The molecular formula is C14H28N2O2S. The monoisotopic (exact) mass is 288 g/mol. The summed E-state index contributed by atoms with van der Waals surface area (Å²) in [6.45, 7) is 3.77. The van der Waals surface area contributed by atoms with Gasteiger partial charge in [0.1, 0.15) is 9.84 Å². The molecule has 1 saturated heterocycles. The molecule has 4 nitrogen and oxygen atoms in total. The van der Waals surface area contributed by atoms with Crippen LogP contribution in [0.3, 0.4) is 0 Å². The van der Waals surface area contributed by atoms with Crippen molar-refractivity contribution in [1.29, 1.82) is 0 Å². The average Bonchev–Trinajstić information content (AvgIpc) is 2.43. The summed E-state index contributed by atoms with van der Waals surface area (Å²) in [5.74, 6) is 0.626. The molecule has 1 aliphatic carbocycles. The highest BCUT2D eigenvalue weighted by Crippen LogP contribution is 2.35. The molecule has 2 rings (SSSR count). The highest BCUT2D eigenvalue weighted by atomic mass is 32.2. The Morgan fingerprint density at radius 3 is 2.21 bits per heavy atom. The Balaban J connectivity index is 2.13. The molecule has 2 aliphatic rings. The van der Waals surface area contributed by atoms with Crippen LogP contribution >= 0.6 is 0 Å². The molecule has 0 unspecified atom stereocenters. The van der Waals surface area contributed by atoms with Gasteiger partial charge in [-0.3, -0.25) is 4.90 Å². The van der Waals surface area contributed by atoms with Crippen LogP contribution in [0.15, 0.2) is 0 Å². The van der Waals surface area contributed by atoms with Gasteiger partial charge in [-0.2, -0.15) is 0 Å². The normalized spacial score (nSPS) is 27.5. The van der Waals surface area contributed by atoms with Gasteiger partial charge < -0.3 is 5.73 Å². The van der Waals surface area contributed by atoms with Crippen molar-refractivity contribution < 1.29 is 8.42 Å². The maximum absolute atomic E-state index is 11.7. The average molecular weight is 288 g/mol. The van der Waals surface area contributed by atoms with Gasteiger partial charge in [0.15, 0.2) is 0 Å². The highest BCUT2D eigenvalue weighted by molar-refractivity contribution is 7.91. The molecule has 112 valence electrons. The zero-order chi connectivity index (χ0) is 13.9. The van der Waals surface area contributed by atoms with Gasteiger partial charge in [-0.05, 0) is 32.2 Å². The fourth-order valence-corrected chi connectivity index (χ4v) is 5.49. The van der Waals surface area contributed by atoms with E-state index >= 15 is 0 Å². The van der Waals surface area contributed by atoms with E-state index in [2.05, 4.69) is 11.8 Å². The summed E-state index contributed by atoms with van der Waals surface area (Å²) >= 11 is 0. The zero-order valence-electron chi connectivity index (χ0n) is 12.1. The van der Waals surface area contributed by atoms with Crippen LogP contribution in [0.25, 0.3) is 0 Å². The molecule has 2 N–H and O–H groups in total. The molecule has 2 fully saturated rings. The minimum atomic E-state index is -2.82. The summed E-state index contributed by atoms with van der Waals surface area (Å²) in [6, 6.07) is 0.614. The molecule has 0 radical (unpaired) electrons. The van der Waals surface area contributed by atoms with E-state index in [0.717, 1.165) is 19.4 Å². The van der Waals surface area contributed by atoms with E-state index in [1.807, 2.05) is 0 Å². The van der Waals surface area contributed by atoms with Crippen LogP contribution in [0.5, 0.6) is 0 Å². The molecule has 5 heteroatoms. The minimum Gasteiger partial charge on any atom is -0.329 e. The summed E-state index contributed by atoms with van der Waals surface area (Å²) in [4.78, 5) is 2.54. The molecule has 1 heterocycles. The third kappa shape index (κ3) is 3.31. The summed E-state index contributed by atoms with van der Waals surface area (Å²) in [6.07, 6.45) is 7.90. The van der Waals surface area contributed by atoms with Gasteiger partial charge in [0.05, 0.1) is 11.5 Å². The van der Waals surface area contributed by atoms with Crippen molar-refractivity contribution in [2.75, 3.05) is 24.6 Å². The molecule has 0 amide bonds. The maximum atomic E-state index is 11.7. The van der Waals surface area contributed by atoms with Gasteiger partial charge >= 0.3 is 0 Å². The lowest BCUT2D eigenvalue weighted by Gasteiger charge is -2.50. The number of hydrogen-bond donors (Lipinski definition) is 1. The largest absolute Gasteiger partial charge is 0.329 e. The zero-order valence-corrected chi connectivity index (χ0v) is 12.9. The SMILES string of the molecule is CCN(C1CCCCC1)C1(CN)CCS(=O)(=O)CC1. The lowest BCUT2D eigenvalue weighted by molar-refractivity contribution is 0.0276. The Hall–Kier alpha value is -0.130. The van der Waals surface area contributed by atoms with Crippen molar-refractivity contribution >= 4 is 9.84 Å². The Morgan fingerprint density at radius 2 is 1.74 bits per heavy atom. The number of rotatable bonds is 4. The van der Waals surface area contributed by atoms with E-state index in [1.165, 1.54) is 32.1 Å². The van der Waals surface area contributed by atoms with E-state index in [0.29, 0.717) is 24.1 Å². The van der Waals surface area contributed by atoms with Gasteiger partial charge in [0.2, 0.25) is 0 Å². The second kappa shape index (κ2) is 6.10. The van der Waals surface area contributed by atoms with Gasteiger partial charge in [0, 0.05) is 18.1 Å². The maximum Gasteiger partial charge on any atom is 0.150 e. The first-order valence-corrected chi connectivity index (χ1v) is 9.52. The number of nitrogens with zero attached hydrogens (tertiary/aromatic N) is 1. The first kappa shape index (κ1) is 15.3. The van der Waals surface area contributed by atoms with Crippen LogP contribution in [0.1, 0.15) is 51.9 Å². The van der Waals surface area contributed by atoms with Crippen molar-refractivity contribution in [2.24, 2.45) is 5.73 Å². The second-order valence-electron chi connectivity index (χ2n) is 6.16. The van der Waals surface area contributed by atoms with Crippen LogP contribution in [-0.2, 0) is 9.84 Å². The lowest BCUT2D eigenvalue weighted by Crippen LogP contribution is -2.61. The van der Waals surface area contributed by atoms with Crippen LogP contribution in [-0.4, -0.2) is 49.5 Å². The fourth-order valence-electron chi connectivity index (χ4n) is 3.90. The van der Waals surface area contributed by atoms with E-state index < -0.39 is 9.84 Å². The van der Waals surface area contributed by atoms with Gasteiger partial charge in [-0.25, -0.2) is 8.42 Å². The Bertz CT molecular complexity index is 374. The molecule has 19 heavy (non-hydrogen) atoms. The summed E-state index contributed by atoms with van der Waals surface area (Å²) in [7, 11) is -2.82. The van der Waals surface area contributed by atoms with Crippen molar-refractivity contribution in [3.8, 4) is 0 Å². The standard InChI is InChI=1S/C14H28N2O2S/c1-2-16(13-6-4-3-5-7-13)14(12-15)8-10-19(17,18)11-9-14/h13H,2-12,15H2,1H3. The number of likely N-dealkylation sites (N-methyl/N-ethyl adjacent to an activating group) is 1. The van der Waals surface area contributed by atoms with Crippen LogP contribution < -0.4 is 5.73 Å². The third-order valence-electron chi connectivity index (χ3n) is 5.10. The van der Waals surface area contributed by atoms with Crippen molar-refractivity contribution in [3.63, 3.8) is 0 Å². The highest BCUT2D eigenvalue weighted by Gasteiger charge is 2.42. The first-order chi connectivity index (χ1) is 9.03. The molecule has 1 saturated carbocycles. The topological polar surface area (TPSA) is 63.4 Å². The summed E-state index contributed by atoms with van der Waals surface area (Å²) in [5, 5.41) is 0. The number of nitrogens with two attached hydrogens (primary N) is 1. The van der Waals surface area contributed by atoms with Crippen molar-refractivity contribution in [2.45, 2.75) is 63.5 Å². The molecule has 0 aromatic carbocycles. The van der Waals surface area contributed by atoms with E-state index in [4.69, 9.17) is 5.73 Å². The molecule has 0 bridgehead atoms. The van der Waals surface area contributed by atoms with Crippen LogP contribution in [0.2, 0.25) is 0 Å². The molecule has 1 aliphatic heterocycles. The van der Waals surface area contributed by atoms with Gasteiger partial charge in [0.25, 0.3) is 0 Å².